The van der Waals surface area contributed by atoms with Crippen LogP contribution >= 0.6 is 0 Å². The fraction of sp³-hybridized carbons (Fsp3) is 0.500. The molecule has 0 spiro atoms. The monoisotopic (exact) mass is 302 g/mol. The Bertz CT molecular complexity index is 618. The van der Waals surface area contributed by atoms with Crippen LogP contribution in [-0.2, 0) is 22.4 Å². The zero-order valence-electron chi connectivity index (χ0n) is 13.6. The molecule has 0 N–H and O–H groups in total. The third kappa shape index (κ3) is 2.82. The molecule has 118 valence electrons. The molecule has 0 fully saturated rings. The van der Waals surface area contributed by atoms with Gasteiger partial charge < -0.3 is 14.2 Å². The van der Waals surface area contributed by atoms with E-state index in [1.165, 1.54) is 11.1 Å². The van der Waals surface area contributed by atoms with Gasteiger partial charge in [0.2, 0.25) is 0 Å². The topological polar surface area (TPSA) is 44.8 Å². The van der Waals surface area contributed by atoms with Gasteiger partial charge in [-0.25, -0.2) is 4.79 Å². The second-order valence-corrected chi connectivity index (χ2v) is 6.77. The summed E-state index contributed by atoms with van der Waals surface area (Å²) in [6.07, 6.45) is 3.67. The lowest BCUT2D eigenvalue weighted by Gasteiger charge is -2.20. The maximum atomic E-state index is 12.2. The van der Waals surface area contributed by atoms with E-state index in [0.717, 1.165) is 29.9 Å². The van der Waals surface area contributed by atoms with Crippen molar-refractivity contribution in [3.05, 3.63) is 28.3 Å². The number of carbonyl (C=O) groups excluding carboxylic acids is 1. The van der Waals surface area contributed by atoms with Crippen LogP contribution in [0.4, 0.5) is 0 Å². The summed E-state index contributed by atoms with van der Waals surface area (Å²) in [6, 6.07) is 1.98. The number of fused-ring (bicyclic) bond motifs is 2. The molecule has 0 amide bonds. The summed E-state index contributed by atoms with van der Waals surface area (Å²) in [5, 5.41) is 0. The Labute approximate surface area is 131 Å². The molecule has 0 aromatic heterocycles. The van der Waals surface area contributed by atoms with Crippen LogP contribution in [0.5, 0.6) is 11.5 Å². The van der Waals surface area contributed by atoms with Gasteiger partial charge in [0.25, 0.3) is 0 Å². The molecule has 3 rings (SSSR count). The Morgan fingerprint density at radius 2 is 1.68 bits per heavy atom. The standard InChI is InChI=1S/C18H22O4/c1-11(17(19)22-18(2,3)4)9-14-12-5-7-20-15(12)10-16-13(14)6-8-21-16/h9-10H,5-8H2,1-4H3/b11-9+. The van der Waals surface area contributed by atoms with Crippen molar-refractivity contribution in [2.24, 2.45) is 0 Å². The quantitative estimate of drug-likeness (QED) is 0.621. The van der Waals surface area contributed by atoms with Crippen LogP contribution in [0.1, 0.15) is 44.4 Å². The van der Waals surface area contributed by atoms with Gasteiger partial charge in [-0.3, -0.25) is 0 Å². The molecule has 2 aliphatic heterocycles. The second-order valence-electron chi connectivity index (χ2n) is 6.77. The molecule has 0 atom stereocenters. The van der Waals surface area contributed by atoms with Gasteiger partial charge in [0.1, 0.15) is 17.1 Å². The molecule has 0 bridgehead atoms. The smallest absolute Gasteiger partial charge is 0.334 e. The number of rotatable bonds is 2. The van der Waals surface area contributed by atoms with E-state index in [1.807, 2.05) is 32.9 Å². The predicted molar refractivity (Wildman–Crippen MR) is 84.3 cm³/mol. The zero-order chi connectivity index (χ0) is 15.9. The van der Waals surface area contributed by atoms with E-state index < -0.39 is 5.60 Å². The Kier molecular flexibility index (Phi) is 3.63. The van der Waals surface area contributed by atoms with Crippen molar-refractivity contribution in [1.82, 2.24) is 0 Å². The molecule has 0 unspecified atom stereocenters. The number of carbonyl (C=O) groups is 1. The summed E-state index contributed by atoms with van der Waals surface area (Å²) >= 11 is 0. The number of esters is 1. The largest absolute Gasteiger partial charge is 0.493 e. The molecule has 2 aliphatic rings. The Morgan fingerprint density at radius 3 is 2.18 bits per heavy atom. The van der Waals surface area contributed by atoms with Crippen molar-refractivity contribution < 1.29 is 19.0 Å². The molecule has 4 nitrogen and oxygen atoms in total. The summed E-state index contributed by atoms with van der Waals surface area (Å²) in [5.74, 6) is 1.48. The van der Waals surface area contributed by atoms with Crippen LogP contribution in [0, 0.1) is 0 Å². The normalized spacial score (nSPS) is 16.6. The lowest BCUT2D eigenvalue weighted by molar-refractivity contribution is -0.149. The van der Waals surface area contributed by atoms with Crippen molar-refractivity contribution >= 4 is 12.0 Å². The lowest BCUT2D eigenvalue weighted by Crippen LogP contribution is -2.24. The first-order valence-corrected chi connectivity index (χ1v) is 7.71. The van der Waals surface area contributed by atoms with E-state index in [-0.39, 0.29) is 5.97 Å². The molecular formula is C18H22O4. The van der Waals surface area contributed by atoms with Gasteiger partial charge in [-0.15, -0.1) is 0 Å². The van der Waals surface area contributed by atoms with Crippen molar-refractivity contribution in [2.45, 2.75) is 46.1 Å². The van der Waals surface area contributed by atoms with Gasteiger partial charge in [0, 0.05) is 35.6 Å². The van der Waals surface area contributed by atoms with Crippen LogP contribution in [0.25, 0.3) is 6.08 Å². The van der Waals surface area contributed by atoms with Crippen molar-refractivity contribution in [3.63, 3.8) is 0 Å². The van der Waals surface area contributed by atoms with E-state index in [9.17, 15) is 4.79 Å². The molecule has 0 aliphatic carbocycles. The lowest BCUT2D eigenvalue weighted by atomic mass is 9.95. The number of benzene rings is 1. The highest BCUT2D eigenvalue weighted by Crippen LogP contribution is 2.41. The average molecular weight is 302 g/mol. The predicted octanol–water partition coefficient (Wildman–Crippen LogP) is 3.30. The number of hydrogen-bond donors (Lipinski definition) is 0. The molecular weight excluding hydrogens is 280 g/mol. The highest BCUT2D eigenvalue weighted by Gasteiger charge is 2.26. The van der Waals surface area contributed by atoms with E-state index >= 15 is 0 Å². The Hall–Kier alpha value is -1.97. The van der Waals surface area contributed by atoms with Gasteiger partial charge in [-0.1, -0.05) is 0 Å². The summed E-state index contributed by atoms with van der Waals surface area (Å²) in [6.45, 7) is 8.79. The zero-order valence-corrected chi connectivity index (χ0v) is 13.6. The maximum Gasteiger partial charge on any atom is 0.334 e. The highest BCUT2D eigenvalue weighted by molar-refractivity contribution is 5.94. The van der Waals surface area contributed by atoms with E-state index in [0.29, 0.717) is 18.8 Å². The fourth-order valence-electron chi connectivity index (χ4n) is 2.85. The molecule has 0 saturated heterocycles. The average Bonchev–Trinajstić information content (AvgIpc) is 3.04. The molecule has 2 heterocycles. The van der Waals surface area contributed by atoms with Gasteiger partial charge in [-0.2, -0.15) is 0 Å². The summed E-state index contributed by atoms with van der Waals surface area (Å²) in [7, 11) is 0. The van der Waals surface area contributed by atoms with Crippen molar-refractivity contribution in [3.8, 4) is 11.5 Å². The Balaban J connectivity index is 1.98. The molecule has 1 aromatic carbocycles. The first-order chi connectivity index (χ1) is 10.3. The first kappa shape index (κ1) is 14.9. The van der Waals surface area contributed by atoms with Crippen LogP contribution in [0.2, 0.25) is 0 Å². The van der Waals surface area contributed by atoms with Gasteiger partial charge in [0.05, 0.1) is 13.2 Å². The molecule has 22 heavy (non-hydrogen) atoms. The van der Waals surface area contributed by atoms with Gasteiger partial charge in [0.15, 0.2) is 0 Å². The summed E-state index contributed by atoms with van der Waals surface area (Å²) in [4.78, 5) is 12.2. The second kappa shape index (κ2) is 5.34. The van der Waals surface area contributed by atoms with E-state index in [4.69, 9.17) is 14.2 Å². The van der Waals surface area contributed by atoms with Crippen LogP contribution < -0.4 is 9.47 Å². The molecule has 1 aromatic rings. The van der Waals surface area contributed by atoms with E-state index in [1.54, 1.807) is 6.92 Å². The first-order valence-electron chi connectivity index (χ1n) is 7.71. The number of ether oxygens (including phenoxy) is 3. The van der Waals surface area contributed by atoms with Gasteiger partial charge >= 0.3 is 5.97 Å². The van der Waals surface area contributed by atoms with Crippen LogP contribution in [0.15, 0.2) is 11.6 Å². The molecule has 4 heteroatoms. The number of hydrogen-bond acceptors (Lipinski definition) is 4. The third-order valence-corrected chi connectivity index (χ3v) is 3.81. The Morgan fingerprint density at radius 1 is 1.14 bits per heavy atom. The highest BCUT2D eigenvalue weighted by atomic mass is 16.6. The summed E-state index contributed by atoms with van der Waals surface area (Å²) in [5.41, 5.74) is 3.54. The minimum atomic E-state index is -0.487. The minimum Gasteiger partial charge on any atom is -0.493 e. The SMILES string of the molecule is C/C(=C\c1c2c(cc3c1CCO3)OCC2)C(=O)OC(C)(C)C. The maximum absolute atomic E-state index is 12.2. The van der Waals surface area contributed by atoms with Crippen LogP contribution in [-0.4, -0.2) is 24.8 Å². The van der Waals surface area contributed by atoms with Gasteiger partial charge in [-0.05, 0) is 39.3 Å². The van der Waals surface area contributed by atoms with Crippen LogP contribution in [0.3, 0.4) is 0 Å². The minimum absolute atomic E-state index is 0.281. The summed E-state index contributed by atoms with van der Waals surface area (Å²) < 4.78 is 16.8. The fourth-order valence-corrected chi connectivity index (χ4v) is 2.85. The van der Waals surface area contributed by atoms with E-state index in [2.05, 4.69) is 0 Å². The van der Waals surface area contributed by atoms with Crippen molar-refractivity contribution in [1.29, 1.82) is 0 Å². The molecule has 0 radical (unpaired) electrons. The third-order valence-electron chi connectivity index (χ3n) is 3.81. The van der Waals surface area contributed by atoms with Crippen molar-refractivity contribution in [2.75, 3.05) is 13.2 Å². The molecule has 0 saturated carbocycles.